The molecular formula is C16H28NO9. The van der Waals surface area contributed by atoms with Crippen LogP contribution in [0.3, 0.4) is 0 Å². The largest absolute Gasteiger partial charge is 0.387 e. The molecule has 10 heteroatoms. The van der Waals surface area contributed by atoms with Gasteiger partial charge in [-0.2, -0.15) is 4.89 Å². The number of piperidine rings is 1. The van der Waals surface area contributed by atoms with E-state index in [0.717, 1.165) is 5.06 Å². The lowest BCUT2D eigenvalue weighted by Gasteiger charge is -2.48. The molecule has 2 heterocycles. The van der Waals surface area contributed by atoms with Gasteiger partial charge in [0.2, 0.25) is 0 Å². The molecule has 0 saturated carbocycles. The van der Waals surface area contributed by atoms with Crippen LogP contribution in [0.5, 0.6) is 0 Å². The predicted molar refractivity (Wildman–Crippen MR) is 84.4 cm³/mol. The van der Waals surface area contributed by atoms with Gasteiger partial charge in [0.1, 0.15) is 31.0 Å². The SMILES string of the molecule is CC1(C)CC(C(=O)OOC[C@H]2O[C@@H](O)[C@H](O)[C@@H](O)[C@@H]2O)CC(C)(C)N1[O]. The highest BCUT2D eigenvalue weighted by atomic mass is 17.2. The third-order valence-electron chi connectivity index (χ3n) is 4.99. The summed E-state index contributed by atoms with van der Waals surface area (Å²) in [7, 11) is 0. The highest BCUT2D eigenvalue weighted by molar-refractivity contribution is 5.72. The van der Waals surface area contributed by atoms with Crippen LogP contribution in [0.25, 0.3) is 0 Å². The first-order valence-electron chi connectivity index (χ1n) is 8.55. The minimum Gasteiger partial charge on any atom is -0.387 e. The number of rotatable bonds is 4. The molecule has 2 fully saturated rings. The van der Waals surface area contributed by atoms with E-state index in [-0.39, 0.29) is 0 Å². The van der Waals surface area contributed by atoms with Crippen molar-refractivity contribution in [3.05, 3.63) is 0 Å². The summed E-state index contributed by atoms with van der Waals surface area (Å²) in [4.78, 5) is 21.9. The lowest BCUT2D eigenvalue weighted by molar-refractivity contribution is -0.333. The Labute approximate surface area is 151 Å². The predicted octanol–water partition coefficient (Wildman–Crippen LogP) is -1.12. The Kier molecular flexibility index (Phi) is 6.31. The molecule has 0 bridgehead atoms. The Morgan fingerprint density at radius 2 is 1.58 bits per heavy atom. The highest BCUT2D eigenvalue weighted by Gasteiger charge is 2.49. The standard InChI is InChI=1S/C16H28NO9/c1-15(2)5-8(6-16(3,4)17(15)23)13(21)26-24-7-9-10(18)11(19)12(20)14(22)25-9/h8-12,14,18-20,22H,5-7H2,1-4H3/t9-,10-,11+,12-,14-/m1/s1. The molecule has 0 aromatic carbocycles. The second-order valence-corrected chi connectivity index (χ2v) is 8.25. The van der Waals surface area contributed by atoms with Crippen molar-refractivity contribution in [3.8, 4) is 0 Å². The fourth-order valence-electron chi connectivity index (χ4n) is 3.73. The first kappa shape index (κ1) is 21.5. The zero-order valence-corrected chi connectivity index (χ0v) is 15.4. The van der Waals surface area contributed by atoms with Gasteiger partial charge in [-0.15, -0.1) is 10.3 Å². The Bertz CT molecular complexity index is 494. The molecular weight excluding hydrogens is 350 g/mol. The maximum Gasteiger partial charge on any atom is 0.345 e. The Morgan fingerprint density at radius 1 is 1.04 bits per heavy atom. The molecule has 151 valence electrons. The van der Waals surface area contributed by atoms with Crippen LogP contribution in [0.15, 0.2) is 0 Å². The van der Waals surface area contributed by atoms with Gasteiger partial charge in [0.05, 0.1) is 5.92 Å². The summed E-state index contributed by atoms with van der Waals surface area (Å²) in [6, 6.07) is 0. The minimum absolute atomic E-state index is 0.300. The zero-order valence-electron chi connectivity index (χ0n) is 15.4. The van der Waals surface area contributed by atoms with E-state index in [1.54, 1.807) is 27.7 Å². The Balaban J connectivity index is 1.87. The number of aliphatic hydroxyl groups is 4. The number of hydrogen-bond acceptors (Lipinski definition) is 9. The van der Waals surface area contributed by atoms with E-state index in [2.05, 4.69) is 0 Å². The van der Waals surface area contributed by atoms with E-state index < -0.39 is 60.3 Å². The van der Waals surface area contributed by atoms with Gasteiger partial charge in [-0.3, -0.25) is 4.89 Å². The molecule has 0 aliphatic carbocycles. The van der Waals surface area contributed by atoms with Gasteiger partial charge < -0.3 is 25.2 Å². The van der Waals surface area contributed by atoms with Gasteiger partial charge in [-0.1, -0.05) is 0 Å². The van der Waals surface area contributed by atoms with Crippen LogP contribution in [0, 0.1) is 5.92 Å². The molecule has 0 spiro atoms. The fourth-order valence-corrected chi connectivity index (χ4v) is 3.73. The van der Waals surface area contributed by atoms with E-state index in [1.807, 2.05) is 0 Å². The number of carbonyl (C=O) groups excluding carboxylic acids is 1. The first-order valence-corrected chi connectivity index (χ1v) is 8.55. The third kappa shape index (κ3) is 4.34. The van der Waals surface area contributed by atoms with Crippen LogP contribution >= 0.6 is 0 Å². The molecule has 2 aliphatic heterocycles. The zero-order chi connectivity index (χ0) is 19.9. The van der Waals surface area contributed by atoms with Gasteiger partial charge in [0, 0.05) is 11.1 Å². The van der Waals surface area contributed by atoms with Crippen molar-refractivity contribution < 1.29 is 44.9 Å². The molecule has 1 radical (unpaired) electrons. The summed E-state index contributed by atoms with van der Waals surface area (Å²) >= 11 is 0. The second kappa shape index (κ2) is 7.64. The van der Waals surface area contributed by atoms with Gasteiger partial charge in [-0.05, 0) is 40.5 Å². The van der Waals surface area contributed by atoms with E-state index in [9.17, 15) is 30.4 Å². The highest BCUT2D eigenvalue weighted by Crippen LogP contribution is 2.40. The van der Waals surface area contributed by atoms with Crippen molar-refractivity contribution in [2.24, 2.45) is 5.92 Å². The summed E-state index contributed by atoms with van der Waals surface area (Å²) in [6.45, 7) is 6.57. The number of hydrogen-bond donors (Lipinski definition) is 4. The molecule has 10 nitrogen and oxygen atoms in total. The number of carbonyl (C=O) groups is 1. The third-order valence-corrected chi connectivity index (χ3v) is 4.99. The minimum atomic E-state index is -1.69. The number of nitrogens with zero attached hydrogens (tertiary/aromatic N) is 1. The Hall–Kier alpha value is -0.850. The van der Waals surface area contributed by atoms with Crippen molar-refractivity contribution in [2.45, 2.75) is 82.3 Å². The van der Waals surface area contributed by atoms with Crippen LogP contribution in [-0.4, -0.2) is 79.8 Å². The summed E-state index contributed by atoms with van der Waals surface area (Å²) in [6.07, 6.45) is -7.07. The van der Waals surface area contributed by atoms with Gasteiger partial charge >= 0.3 is 5.97 Å². The molecule has 0 aromatic rings. The van der Waals surface area contributed by atoms with E-state index in [0.29, 0.717) is 12.8 Å². The van der Waals surface area contributed by atoms with E-state index in [1.165, 1.54) is 0 Å². The van der Waals surface area contributed by atoms with Crippen LogP contribution < -0.4 is 0 Å². The van der Waals surface area contributed by atoms with Crippen molar-refractivity contribution >= 4 is 5.97 Å². The molecule has 5 atom stereocenters. The Morgan fingerprint density at radius 3 is 2.12 bits per heavy atom. The van der Waals surface area contributed by atoms with Crippen LogP contribution in [0.2, 0.25) is 0 Å². The maximum absolute atomic E-state index is 12.3. The van der Waals surface area contributed by atoms with Crippen molar-refractivity contribution in [3.63, 3.8) is 0 Å². The van der Waals surface area contributed by atoms with Gasteiger partial charge in [0.25, 0.3) is 0 Å². The second-order valence-electron chi connectivity index (χ2n) is 8.25. The van der Waals surface area contributed by atoms with Crippen LogP contribution in [0.1, 0.15) is 40.5 Å². The van der Waals surface area contributed by atoms with Gasteiger partial charge in [-0.25, -0.2) is 4.79 Å². The normalized spacial score (nSPS) is 38.1. The monoisotopic (exact) mass is 378 g/mol. The topological polar surface area (TPSA) is 149 Å². The average molecular weight is 378 g/mol. The first-order chi connectivity index (χ1) is 11.9. The number of ether oxygens (including phenoxy) is 1. The number of hydroxylamine groups is 2. The summed E-state index contributed by atoms with van der Waals surface area (Å²) in [5, 5.41) is 51.5. The number of aliphatic hydroxyl groups excluding tert-OH is 4. The quantitative estimate of drug-likeness (QED) is 0.352. The molecule has 0 aromatic heterocycles. The van der Waals surface area contributed by atoms with Crippen molar-refractivity contribution in [1.29, 1.82) is 0 Å². The molecule has 2 rings (SSSR count). The van der Waals surface area contributed by atoms with Gasteiger partial charge in [0.15, 0.2) is 6.29 Å². The molecule has 2 saturated heterocycles. The van der Waals surface area contributed by atoms with Crippen molar-refractivity contribution in [2.75, 3.05) is 6.61 Å². The fraction of sp³-hybridized carbons (Fsp3) is 0.938. The van der Waals surface area contributed by atoms with E-state index in [4.69, 9.17) is 14.5 Å². The lowest BCUT2D eigenvalue weighted by atomic mass is 9.75. The maximum atomic E-state index is 12.3. The molecule has 2 aliphatic rings. The van der Waals surface area contributed by atoms with E-state index >= 15 is 0 Å². The lowest BCUT2D eigenvalue weighted by Crippen LogP contribution is -2.59. The summed E-state index contributed by atoms with van der Waals surface area (Å²) < 4.78 is 4.92. The molecule has 26 heavy (non-hydrogen) atoms. The molecule has 4 N–H and O–H groups in total. The molecule has 0 unspecified atom stereocenters. The molecule has 0 amide bonds. The van der Waals surface area contributed by atoms with Crippen LogP contribution in [-0.2, 0) is 24.5 Å². The smallest absolute Gasteiger partial charge is 0.345 e. The average Bonchev–Trinajstić information content (AvgIpc) is 2.54. The summed E-state index contributed by atoms with van der Waals surface area (Å²) in [5.74, 6) is -1.19. The van der Waals surface area contributed by atoms with Crippen molar-refractivity contribution in [1.82, 2.24) is 5.06 Å². The van der Waals surface area contributed by atoms with Crippen LogP contribution in [0.4, 0.5) is 0 Å². The summed E-state index contributed by atoms with van der Waals surface area (Å²) in [5.41, 5.74) is -1.48.